The molecule has 1 aromatic carbocycles. The molecule has 3 rings (SSSR count). The molecule has 1 aliphatic heterocycles. The predicted molar refractivity (Wildman–Crippen MR) is 96.4 cm³/mol. The second-order valence-corrected chi connectivity index (χ2v) is 6.28. The van der Waals surface area contributed by atoms with Gasteiger partial charge < -0.3 is 19.7 Å². The molecule has 25 heavy (non-hydrogen) atoms. The number of ether oxygens (including phenoxy) is 2. The van der Waals surface area contributed by atoms with E-state index in [1.807, 2.05) is 38.1 Å². The topological polar surface area (TPSA) is 63.7 Å². The van der Waals surface area contributed by atoms with Crippen LogP contribution in [-0.2, 0) is 6.42 Å². The molecule has 0 radical (unpaired) electrons. The molecule has 1 aromatic heterocycles. The van der Waals surface area contributed by atoms with Gasteiger partial charge in [-0.25, -0.2) is 4.79 Å². The molecule has 1 N–H and O–H groups in total. The Hall–Kier alpha value is -2.76. The third-order valence-electron chi connectivity index (χ3n) is 4.25. The summed E-state index contributed by atoms with van der Waals surface area (Å²) in [6, 6.07) is 9.27. The van der Waals surface area contributed by atoms with Crippen molar-refractivity contribution in [3.63, 3.8) is 0 Å². The summed E-state index contributed by atoms with van der Waals surface area (Å²) in [5, 5.41) is 2.90. The number of likely N-dealkylation sites (N-methyl/N-ethyl adjacent to an activating group) is 1. The zero-order valence-corrected chi connectivity index (χ0v) is 14.8. The van der Waals surface area contributed by atoms with Crippen LogP contribution in [0.2, 0.25) is 0 Å². The van der Waals surface area contributed by atoms with Gasteiger partial charge in [-0.2, -0.15) is 0 Å². The molecule has 0 bridgehead atoms. The highest BCUT2D eigenvalue weighted by Crippen LogP contribution is 2.32. The fourth-order valence-electron chi connectivity index (χ4n) is 2.68. The van der Waals surface area contributed by atoms with Crippen LogP contribution in [0, 0.1) is 6.92 Å². The number of carbonyl (C=O) groups excluding carboxylic acids is 1. The number of pyridine rings is 1. The molecule has 0 aliphatic carbocycles. The third kappa shape index (κ3) is 4.21. The zero-order chi connectivity index (χ0) is 17.8. The molecule has 6 heteroatoms. The Balaban J connectivity index is 1.62. The second kappa shape index (κ2) is 7.42. The SMILES string of the molecule is Cc1ccnc(C[C@H](C)N(C)C(=O)Nc2ccc3c(c2)OCCO3)c1. The van der Waals surface area contributed by atoms with Gasteiger partial charge in [-0.05, 0) is 43.7 Å². The summed E-state index contributed by atoms with van der Waals surface area (Å²) in [5.74, 6) is 1.36. The van der Waals surface area contributed by atoms with Crippen molar-refractivity contribution in [1.82, 2.24) is 9.88 Å². The Morgan fingerprint density at radius 3 is 2.76 bits per heavy atom. The molecule has 6 nitrogen and oxygen atoms in total. The van der Waals surface area contributed by atoms with Gasteiger partial charge in [0.1, 0.15) is 13.2 Å². The number of nitrogens with one attached hydrogen (secondary N) is 1. The number of hydrogen-bond donors (Lipinski definition) is 1. The van der Waals surface area contributed by atoms with Gasteiger partial charge in [0.25, 0.3) is 0 Å². The monoisotopic (exact) mass is 341 g/mol. The molecule has 1 aliphatic rings. The van der Waals surface area contributed by atoms with E-state index < -0.39 is 0 Å². The average Bonchev–Trinajstić information content (AvgIpc) is 2.61. The Bertz CT molecular complexity index is 763. The van der Waals surface area contributed by atoms with Crippen molar-refractivity contribution in [2.45, 2.75) is 26.3 Å². The first-order chi connectivity index (χ1) is 12.0. The van der Waals surface area contributed by atoms with E-state index in [9.17, 15) is 4.79 Å². The van der Waals surface area contributed by atoms with Crippen molar-refractivity contribution < 1.29 is 14.3 Å². The van der Waals surface area contributed by atoms with E-state index in [1.54, 1.807) is 24.2 Å². The van der Waals surface area contributed by atoms with Crippen LogP contribution in [-0.4, -0.2) is 42.2 Å². The molecule has 0 saturated heterocycles. The molecular weight excluding hydrogens is 318 g/mol. The lowest BCUT2D eigenvalue weighted by Crippen LogP contribution is -2.39. The average molecular weight is 341 g/mol. The number of nitrogens with zero attached hydrogens (tertiary/aromatic N) is 2. The maximum Gasteiger partial charge on any atom is 0.321 e. The van der Waals surface area contributed by atoms with Crippen LogP contribution < -0.4 is 14.8 Å². The summed E-state index contributed by atoms with van der Waals surface area (Å²) < 4.78 is 11.0. The van der Waals surface area contributed by atoms with Crippen molar-refractivity contribution in [1.29, 1.82) is 0 Å². The van der Waals surface area contributed by atoms with Crippen LogP contribution >= 0.6 is 0 Å². The summed E-state index contributed by atoms with van der Waals surface area (Å²) in [6.45, 7) is 5.11. The van der Waals surface area contributed by atoms with E-state index in [0.29, 0.717) is 36.8 Å². The number of aromatic nitrogens is 1. The quantitative estimate of drug-likeness (QED) is 0.927. The van der Waals surface area contributed by atoms with Crippen LogP contribution in [0.5, 0.6) is 11.5 Å². The highest BCUT2D eigenvalue weighted by Gasteiger charge is 2.18. The van der Waals surface area contributed by atoms with Gasteiger partial charge >= 0.3 is 6.03 Å². The number of anilines is 1. The van der Waals surface area contributed by atoms with Crippen LogP contribution in [0.1, 0.15) is 18.2 Å². The fourth-order valence-corrected chi connectivity index (χ4v) is 2.68. The normalized spacial score (nSPS) is 13.9. The van der Waals surface area contributed by atoms with E-state index in [-0.39, 0.29) is 12.1 Å². The lowest BCUT2D eigenvalue weighted by Gasteiger charge is -2.25. The van der Waals surface area contributed by atoms with Crippen LogP contribution in [0.3, 0.4) is 0 Å². The van der Waals surface area contributed by atoms with E-state index in [1.165, 1.54) is 5.56 Å². The molecule has 2 amide bonds. The van der Waals surface area contributed by atoms with Gasteiger partial charge in [0.05, 0.1) is 0 Å². The highest BCUT2D eigenvalue weighted by atomic mass is 16.6. The van der Waals surface area contributed by atoms with Crippen LogP contribution in [0.15, 0.2) is 36.5 Å². The van der Waals surface area contributed by atoms with Crippen molar-refractivity contribution >= 4 is 11.7 Å². The lowest BCUT2D eigenvalue weighted by atomic mass is 10.1. The Morgan fingerprint density at radius 2 is 2.00 bits per heavy atom. The largest absolute Gasteiger partial charge is 0.486 e. The van der Waals surface area contributed by atoms with E-state index in [2.05, 4.69) is 10.3 Å². The smallest absolute Gasteiger partial charge is 0.321 e. The number of fused-ring (bicyclic) bond motifs is 1. The zero-order valence-electron chi connectivity index (χ0n) is 14.8. The Labute approximate surface area is 147 Å². The minimum absolute atomic E-state index is 0.0199. The summed E-state index contributed by atoms with van der Waals surface area (Å²) in [4.78, 5) is 18.5. The lowest BCUT2D eigenvalue weighted by molar-refractivity contribution is 0.171. The first-order valence-electron chi connectivity index (χ1n) is 8.38. The Kier molecular flexibility index (Phi) is 5.07. The third-order valence-corrected chi connectivity index (χ3v) is 4.25. The highest BCUT2D eigenvalue weighted by molar-refractivity contribution is 5.89. The van der Waals surface area contributed by atoms with Crippen LogP contribution in [0.4, 0.5) is 10.5 Å². The molecular formula is C19H23N3O3. The molecule has 0 saturated carbocycles. The standard InChI is InChI=1S/C19H23N3O3/c1-13-6-7-20-16(10-13)11-14(2)22(3)19(23)21-15-4-5-17-18(12-15)25-9-8-24-17/h4-7,10,12,14H,8-9,11H2,1-3H3,(H,21,23)/t14-/m0/s1. The summed E-state index contributed by atoms with van der Waals surface area (Å²) in [5.41, 5.74) is 2.83. The van der Waals surface area contributed by atoms with Crippen molar-refractivity contribution in [2.75, 3.05) is 25.6 Å². The molecule has 0 spiro atoms. The van der Waals surface area contributed by atoms with Crippen molar-refractivity contribution in [2.24, 2.45) is 0 Å². The number of urea groups is 1. The minimum Gasteiger partial charge on any atom is -0.486 e. The molecule has 2 aromatic rings. The molecule has 2 heterocycles. The van der Waals surface area contributed by atoms with Gasteiger partial charge in [0, 0.05) is 43.2 Å². The van der Waals surface area contributed by atoms with E-state index in [4.69, 9.17) is 9.47 Å². The first-order valence-corrected chi connectivity index (χ1v) is 8.38. The Morgan fingerprint density at radius 1 is 1.24 bits per heavy atom. The van der Waals surface area contributed by atoms with Crippen molar-refractivity contribution in [3.05, 3.63) is 47.8 Å². The first kappa shape index (κ1) is 17.1. The van der Waals surface area contributed by atoms with Gasteiger partial charge in [0.2, 0.25) is 0 Å². The summed E-state index contributed by atoms with van der Waals surface area (Å²) in [6.07, 6.45) is 2.50. The minimum atomic E-state index is -0.170. The maximum absolute atomic E-state index is 12.5. The number of benzene rings is 1. The van der Waals surface area contributed by atoms with E-state index in [0.717, 1.165) is 5.69 Å². The second-order valence-electron chi connectivity index (χ2n) is 6.28. The number of amides is 2. The fraction of sp³-hybridized carbons (Fsp3) is 0.368. The number of aryl methyl sites for hydroxylation is 1. The molecule has 1 atom stereocenters. The van der Waals surface area contributed by atoms with Crippen molar-refractivity contribution in [3.8, 4) is 11.5 Å². The summed E-state index contributed by atoms with van der Waals surface area (Å²) >= 11 is 0. The molecule has 132 valence electrons. The van der Waals surface area contributed by atoms with Crippen LogP contribution in [0.25, 0.3) is 0 Å². The number of hydrogen-bond acceptors (Lipinski definition) is 4. The maximum atomic E-state index is 12.5. The molecule has 0 unspecified atom stereocenters. The van der Waals surface area contributed by atoms with Gasteiger partial charge in [-0.1, -0.05) is 0 Å². The van der Waals surface area contributed by atoms with Gasteiger partial charge in [-0.3, -0.25) is 4.98 Å². The van der Waals surface area contributed by atoms with Gasteiger partial charge in [0.15, 0.2) is 11.5 Å². The number of carbonyl (C=O) groups is 1. The molecule has 0 fully saturated rings. The van der Waals surface area contributed by atoms with E-state index >= 15 is 0 Å². The summed E-state index contributed by atoms with van der Waals surface area (Å²) in [7, 11) is 1.79. The predicted octanol–water partition coefficient (Wildman–Crippen LogP) is 3.26. The van der Waals surface area contributed by atoms with Gasteiger partial charge in [-0.15, -0.1) is 0 Å². The number of rotatable bonds is 4.